The molecule has 56 heavy (non-hydrogen) atoms. The van der Waals surface area contributed by atoms with Crippen LogP contribution in [0.2, 0.25) is 5.02 Å². The summed E-state index contributed by atoms with van der Waals surface area (Å²) in [7, 11) is 0. The topological polar surface area (TPSA) is 113 Å². The van der Waals surface area contributed by atoms with Gasteiger partial charge < -0.3 is 38.6 Å². The summed E-state index contributed by atoms with van der Waals surface area (Å²) in [6.07, 6.45) is -5.55. The first-order valence-corrected chi connectivity index (χ1v) is 19.1. The van der Waals surface area contributed by atoms with Gasteiger partial charge in [-0.3, -0.25) is 4.79 Å². The molecule has 0 radical (unpaired) electrons. The summed E-state index contributed by atoms with van der Waals surface area (Å²) < 4.78 is 36.9. The van der Waals surface area contributed by atoms with Gasteiger partial charge in [0.05, 0.1) is 39.6 Å². The van der Waals surface area contributed by atoms with E-state index in [4.69, 9.17) is 40.0 Å². The zero-order valence-electron chi connectivity index (χ0n) is 31.9. The number of halogens is 1. The maximum atomic E-state index is 14.4. The molecule has 0 aromatic heterocycles. The molecule has 2 N–H and O–H groups in total. The molecule has 0 aliphatic carbocycles. The van der Waals surface area contributed by atoms with Gasteiger partial charge in [-0.05, 0) is 73.4 Å². The molecule has 5 aromatic carbocycles. The normalized spacial score (nSPS) is 18.5. The number of carbonyl (C=O) groups excluding carboxylic acids is 1. The molecule has 1 aliphatic heterocycles. The minimum atomic E-state index is -1.84. The van der Waals surface area contributed by atoms with Crippen LogP contribution in [-0.4, -0.2) is 65.5 Å². The number of Topliss-reactive ketones (excluding diaryl/α,β-unsaturated/α-hetero) is 1. The van der Waals surface area contributed by atoms with Crippen LogP contribution in [0.3, 0.4) is 0 Å². The molecule has 9 nitrogen and oxygen atoms in total. The average molecular weight is 781 g/mol. The van der Waals surface area contributed by atoms with Crippen LogP contribution in [-0.2, 0) is 43.5 Å². The highest BCUT2D eigenvalue weighted by Gasteiger charge is 2.55. The smallest absolute Gasteiger partial charge is 0.194 e. The van der Waals surface area contributed by atoms with Gasteiger partial charge >= 0.3 is 0 Å². The molecule has 1 heterocycles. The lowest BCUT2D eigenvalue weighted by Gasteiger charge is -2.38. The summed E-state index contributed by atoms with van der Waals surface area (Å²) in [4.78, 5) is 14.4. The number of ether oxygens (including phenoxy) is 6. The van der Waals surface area contributed by atoms with E-state index in [1.54, 1.807) is 32.0 Å². The highest BCUT2D eigenvalue weighted by Crippen LogP contribution is 2.38. The van der Waals surface area contributed by atoms with Gasteiger partial charge in [0.2, 0.25) is 0 Å². The molecular weight excluding hydrogens is 732 g/mol. The van der Waals surface area contributed by atoms with Crippen LogP contribution in [0, 0.1) is 0 Å². The molecule has 5 aromatic rings. The third kappa shape index (κ3) is 10.5. The molecule has 1 saturated heterocycles. The van der Waals surface area contributed by atoms with Crippen LogP contribution in [0.25, 0.3) is 0 Å². The highest BCUT2D eigenvalue weighted by atomic mass is 35.5. The Kier molecular flexibility index (Phi) is 14.1. The van der Waals surface area contributed by atoms with Gasteiger partial charge in [-0.15, -0.1) is 0 Å². The predicted octanol–water partition coefficient (Wildman–Crippen LogP) is 8.27. The SMILES string of the molecule is CCOc1ccc(C(OCc2ccccc2)c2cc(C(=O)C(O)C(OCc3ccccc3)C(O)C3(COCc4ccccc4)COC(C)(C)O3)ccc2Cl)cc1. The minimum Gasteiger partial charge on any atom is -0.494 e. The first-order valence-electron chi connectivity index (χ1n) is 18.8. The van der Waals surface area contributed by atoms with Crippen molar-refractivity contribution < 1.29 is 43.4 Å². The van der Waals surface area contributed by atoms with E-state index >= 15 is 0 Å². The molecule has 6 rings (SSSR count). The zero-order chi connectivity index (χ0) is 39.5. The van der Waals surface area contributed by atoms with Crippen molar-refractivity contribution in [3.63, 3.8) is 0 Å². The average Bonchev–Trinajstić information content (AvgIpc) is 3.54. The second kappa shape index (κ2) is 19.1. The van der Waals surface area contributed by atoms with E-state index in [0.717, 1.165) is 22.3 Å². The summed E-state index contributed by atoms with van der Waals surface area (Å²) in [6, 6.07) is 40.9. The van der Waals surface area contributed by atoms with Gasteiger partial charge in [-0.2, -0.15) is 0 Å². The second-order valence-corrected chi connectivity index (χ2v) is 14.7. The van der Waals surface area contributed by atoms with Crippen molar-refractivity contribution in [3.05, 3.63) is 172 Å². The third-order valence-corrected chi connectivity index (χ3v) is 9.95. The van der Waals surface area contributed by atoms with Crippen LogP contribution in [0.4, 0.5) is 0 Å². The Balaban J connectivity index is 1.31. The largest absolute Gasteiger partial charge is 0.494 e. The van der Waals surface area contributed by atoms with E-state index in [9.17, 15) is 15.0 Å². The van der Waals surface area contributed by atoms with Crippen molar-refractivity contribution in [1.82, 2.24) is 0 Å². The van der Waals surface area contributed by atoms with Crippen LogP contribution < -0.4 is 4.74 Å². The van der Waals surface area contributed by atoms with Crippen molar-refractivity contribution in [1.29, 1.82) is 0 Å². The molecule has 294 valence electrons. The molecule has 5 unspecified atom stereocenters. The van der Waals surface area contributed by atoms with Crippen LogP contribution in [0.5, 0.6) is 5.75 Å². The van der Waals surface area contributed by atoms with Crippen molar-refractivity contribution in [3.8, 4) is 5.75 Å². The van der Waals surface area contributed by atoms with Crippen molar-refractivity contribution in [2.75, 3.05) is 19.8 Å². The number of aliphatic hydroxyl groups excluding tert-OH is 2. The number of hydrogen-bond acceptors (Lipinski definition) is 9. The van der Waals surface area contributed by atoms with Crippen molar-refractivity contribution in [2.45, 2.75) is 76.4 Å². The molecule has 5 atom stereocenters. The lowest BCUT2D eigenvalue weighted by atomic mass is 9.88. The summed E-state index contributed by atoms with van der Waals surface area (Å²) in [6.45, 7) is 6.23. The van der Waals surface area contributed by atoms with Crippen molar-refractivity contribution >= 4 is 17.4 Å². The summed E-state index contributed by atoms with van der Waals surface area (Å²) >= 11 is 6.85. The van der Waals surface area contributed by atoms with Gasteiger partial charge in [0.1, 0.15) is 35.8 Å². The van der Waals surface area contributed by atoms with E-state index in [-0.39, 0.29) is 38.6 Å². The lowest BCUT2D eigenvalue weighted by Crippen LogP contribution is -2.59. The molecule has 0 saturated carbocycles. The number of aliphatic hydroxyl groups is 2. The first-order chi connectivity index (χ1) is 27.1. The van der Waals surface area contributed by atoms with Crippen LogP contribution in [0.15, 0.2) is 133 Å². The monoisotopic (exact) mass is 780 g/mol. The molecular formula is C46H49ClO9. The minimum absolute atomic E-state index is 0.00286. The fourth-order valence-electron chi connectivity index (χ4n) is 6.73. The highest BCUT2D eigenvalue weighted by molar-refractivity contribution is 6.31. The van der Waals surface area contributed by atoms with E-state index in [0.29, 0.717) is 22.9 Å². The molecule has 0 bridgehead atoms. The summed E-state index contributed by atoms with van der Waals surface area (Å²) in [5, 5.41) is 24.6. The second-order valence-electron chi connectivity index (χ2n) is 14.3. The number of ketones is 1. The number of benzene rings is 5. The first kappa shape index (κ1) is 41.2. The lowest BCUT2D eigenvalue weighted by molar-refractivity contribution is -0.227. The molecule has 1 fully saturated rings. The van der Waals surface area contributed by atoms with Gasteiger partial charge in [-0.1, -0.05) is 115 Å². The number of hydrogen-bond donors (Lipinski definition) is 2. The van der Waals surface area contributed by atoms with Gasteiger partial charge in [0.15, 0.2) is 11.6 Å². The Morgan fingerprint density at radius 3 is 1.89 bits per heavy atom. The van der Waals surface area contributed by atoms with Crippen LogP contribution in [0.1, 0.15) is 65.1 Å². The Morgan fingerprint density at radius 2 is 1.34 bits per heavy atom. The predicted molar refractivity (Wildman–Crippen MR) is 213 cm³/mol. The Morgan fingerprint density at radius 1 is 0.768 bits per heavy atom. The van der Waals surface area contributed by atoms with Gasteiger partial charge in [0.25, 0.3) is 0 Å². The van der Waals surface area contributed by atoms with Gasteiger partial charge in [-0.25, -0.2) is 0 Å². The fourth-order valence-corrected chi connectivity index (χ4v) is 6.94. The quantitative estimate of drug-likeness (QED) is 0.0800. The molecule has 1 aliphatic rings. The maximum absolute atomic E-state index is 14.4. The van der Waals surface area contributed by atoms with E-state index in [2.05, 4.69) is 0 Å². The third-order valence-electron chi connectivity index (χ3n) is 9.60. The Hall–Kier alpha value is -4.42. The standard InChI is InChI=1S/C46H49ClO9/c1-4-52-37-23-20-35(21-24-37)42(53-28-33-16-10-6-11-17-33)38-26-36(22-25-39(38)47)40(48)41(49)43(54-29-34-18-12-7-13-19-34)44(50)46(31-55-45(2,3)56-46)30-51-27-32-14-8-5-9-15-32/h5-26,41-44,49-50H,4,27-31H2,1-3H3. The molecule has 0 amide bonds. The molecule has 10 heteroatoms. The van der Waals surface area contributed by atoms with Crippen molar-refractivity contribution in [2.24, 2.45) is 0 Å². The van der Waals surface area contributed by atoms with E-state index in [1.807, 2.05) is 122 Å². The Labute approximate surface area is 333 Å². The maximum Gasteiger partial charge on any atom is 0.194 e. The van der Waals surface area contributed by atoms with Crippen LogP contribution >= 0.6 is 11.6 Å². The number of rotatable bonds is 19. The molecule has 0 spiro atoms. The van der Waals surface area contributed by atoms with E-state index in [1.165, 1.54) is 0 Å². The van der Waals surface area contributed by atoms with E-state index < -0.39 is 41.6 Å². The Bertz CT molecular complexity index is 1980. The number of carbonyl (C=O) groups is 1. The zero-order valence-corrected chi connectivity index (χ0v) is 32.6. The fraction of sp³-hybridized carbons (Fsp3) is 0.326. The van der Waals surface area contributed by atoms with Gasteiger partial charge in [0, 0.05) is 16.1 Å². The summed E-state index contributed by atoms with van der Waals surface area (Å²) in [5.74, 6) is -1.07. The summed E-state index contributed by atoms with van der Waals surface area (Å²) in [5.41, 5.74) is 2.63.